The molecule has 0 spiro atoms. The number of amides is 2. The molecule has 1 saturated heterocycles. The maximum absolute atomic E-state index is 15.0. The summed E-state index contributed by atoms with van der Waals surface area (Å²) in [6, 6.07) is 2.15. The largest absolute Gasteiger partial charge is 0.450 e. The van der Waals surface area contributed by atoms with Crippen molar-refractivity contribution >= 4 is 40.7 Å². The Hall–Kier alpha value is -3.24. The number of carbonyl (C=O) groups excluding carboxylic acids is 1. The predicted octanol–water partition coefficient (Wildman–Crippen LogP) is 6.14. The smallest absolute Gasteiger partial charge is 0.418 e. The lowest BCUT2D eigenvalue weighted by atomic mass is 10.1. The van der Waals surface area contributed by atoms with E-state index in [-0.39, 0.29) is 42.4 Å². The number of alkyl halides is 3. The first kappa shape index (κ1) is 31.7. The molecule has 4 rings (SSSR count). The molecule has 1 aromatic carbocycles. The minimum atomic E-state index is -4.83. The second kappa shape index (κ2) is 12.2. The zero-order valence-corrected chi connectivity index (χ0v) is 25.0. The first-order chi connectivity index (χ1) is 19.5. The van der Waals surface area contributed by atoms with Crippen molar-refractivity contribution in [2.24, 2.45) is 0 Å². The van der Waals surface area contributed by atoms with Crippen LogP contribution in [0.15, 0.2) is 30.6 Å². The van der Waals surface area contributed by atoms with Crippen molar-refractivity contribution in [1.29, 1.82) is 0 Å². The predicted molar refractivity (Wildman–Crippen MR) is 149 cm³/mol. The number of rotatable bonds is 9. The van der Waals surface area contributed by atoms with Crippen molar-refractivity contribution in [3.8, 4) is 11.5 Å². The van der Waals surface area contributed by atoms with Crippen LogP contribution in [-0.2, 0) is 27.5 Å². The molecule has 1 aliphatic heterocycles. The Bertz CT molecular complexity index is 1540. The van der Waals surface area contributed by atoms with Gasteiger partial charge in [0.2, 0.25) is 0 Å². The van der Waals surface area contributed by atoms with Crippen LogP contribution in [0, 0.1) is 11.6 Å². The van der Waals surface area contributed by atoms with E-state index in [1.54, 1.807) is 0 Å². The first-order valence-electron chi connectivity index (χ1n) is 13.1. The summed E-state index contributed by atoms with van der Waals surface area (Å²) >= 11 is 0. The summed E-state index contributed by atoms with van der Waals surface area (Å²) in [6.45, 7) is 6.55. The number of nitrogens with one attached hydrogen (secondary N) is 2. The fourth-order valence-corrected chi connectivity index (χ4v) is 6.60. The van der Waals surface area contributed by atoms with Crippen molar-refractivity contribution < 1.29 is 44.6 Å². The quantitative estimate of drug-likeness (QED) is 0.166. The Morgan fingerprint density at radius 2 is 1.79 bits per heavy atom. The third-order valence-electron chi connectivity index (χ3n) is 6.61. The summed E-state index contributed by atoms with van der Waals surface area (Å²) in [5, 5.41) is 4.33. The lowest BCUT2D eigenvalue weighted by Crippen LogP contribution is -2.42. The average molecular weight is 635 g/mol. The van der Waals surface area contributed by atoms with Crippen LogP contribution in [0.5, 0.6) is 11.5 Å². The monoisotopic (exact) mass is 634 g/mol. The van der Waals surface area contributed by atoms with Crippen molar-refractivity contribution in [3.05, 3.63) is 47.8 Å². The number of sulfone groups is 1. The minimum Gasteiger partial charge on any atom is -0.450 e. The number of anilines is 1. The third-order valence-corrected chi connectivity index (χ3v) is 10.0. The van der Waals surface area contributed by atoms with E-state index in [9.17, 15) is 35.2 Å². The lowest BCUT2D eigenvalue weighted by molar-refractivity contribution is -0.136. The molecule has 3 aromatic rings. The molecule has 9 nitrogen and oxygen atoms in total. The van der Waals surface area contributed by atoms with Gasteiger partial charge < -0.3 is 24.7 Å². The number of nitrogens with zero attached hydrogens (tertiary/aromatic N) is 2. The summed E-state index contributed by atoms with van der Waals surface area (Å²) < 4.78 is 107. The normalized spacial score (nSPS) is 16.0. The zero-order valence-electron chi connectivity index (χ0n) is 23.1. The standard InChI is InChI=1S/C26H31F5N4O5SSi/c1-42(2,3)11-8-39-15-35-14-18(26(29,30)31)22-21(4-7-32-24(22)35)40-23-19(27)12-17(13-20(23)28)34-25(36)33-16-5-9-41(37,38)10-6-16/h4,7,12-14,16H,5-6,8-11,15H2,1-3H3,(H2,33,34,36). The summed E-state index contributed by atoms with van der Waals surface area (Å²) in [6.07, 6.45) is -2.44. The Morgan fingerprint density at radius 3 is 2.38 bits per heavy atom. The molecule has 2 amide bonds. The van der Waals surface area contributed by atoms with E-state index in [1.807, 2.05) is 0 Å². The van der Waals surface area contributed by atoms with Crippen molar-refractivity contribution in [2.45, 2.75) is 57.5 Å². The summed E-state index contributed by atoms with van der Waals surface area (Å²) in [5.74, 6) is -4.17. The molecule has 16 heteroatoms. The van der Waals surface area contributed by atoms with Crippen LogP contribution in [-0.4, -0.2) is 56.2 Å². The van der Waals surface area contributed by atoms with E-state index in [4.69, 9.17) is 9.47 Å². The molecule has 0 unspecified atom stereocenters. The number of hydrogen-bond donors (Lipinski definition) is 2. The van der Waals surface area contributed by atoms with Gasteiger partial charge in [0.1, 0.15) is 28.0 Å². The SMILES string of the molecule is C[Si](C)(C)CCOCn1cc(C(F)(F)F)c2c(Oc3c(F)cc(NC(=O)NC4CCS(=O)(=O)CC4)cc3F)ccnc21. The molecule has 42 heavy (non-hydrogen) atoms. The number of pyridine rings is 1. The van der Waals surface area contributed by atoms with E-state index >= 15 is 0 Å². The number of carbonyl (C=O) groups is 1. The topological polar surface area (TPSA) is 112 Å². The van der Waals surface area contributed by atoms with Crippen molar-refractivity contribution in [2.75, 3.05) is 23.4 Å². The Morgan fingerprint density at radius 1 is 1.14 bits per heavy atom. The molecule has 0 bridgehead atoms. The van der Waals surface area contributed by atoms with E-state index in [2.05, 4.69) is 35.3 Å². The third kappa shape index (κ3) is 7.98. The molecule has 230 valence electrons. The van der Waals surface area contributed by atoms with Gasteiger partial charge >= 0.3 is 12.2 Å². The highest BCUT2D eigenvalue weighted by atomic mass is 32.2. The van der Waals surface area contributed by atoms with Crippen LogP contribution in [0.4, 0.5) is 32.4 Å². The van der Waals surface area contributed by atoms with Crippen molar-refractivity contribution in [1.82, 2.24) is 14.9 Å². The minimum absolute atomic E-state index is 0.0828. The molecule has 0 saturated carbocycles. The van der Waals surface area contributed by atoms with Crippen LogP contribution >= 0.6 is 0 Å². The number of fused-ring (bicyclic) bond motifs is 1. The van der Waals surface area contributed by atoms with Crippen LogP contribution in [0.2, 0.25) is 25.7 Å². The molecule has 1 aliphatic rings. The number of halogens is 5. The van der Waals surface area contributed by atoms with Gasteiger partial charge in [0.25, 0.3) is 0 Å². The Labute approximate surface area is 240 Å². The van der Waals surface area contributed by atoms with Crippen LogP contribution in [0.3, 0.4) is 0 Å². The molecular formula is C26H31F5N4O5SSi. The Kier molecular flexibility index (Phi) is 9.18. The van der Waals surface area contributed by atoms with Gasteiger partial charge in [-0.2, -0.15) is 13.2 Å². The van der Waals surface area contributed by atoms with Gasteiger partial charge in [-0.15, -0.1) is 0 Å². The van der Waals surface area contributed by atoms with Crippen LogP contribution in [0.25, 0.3) is 11.0 Å². The highest BCUT2D eigenvalue weighted by Crippen LogP contribution is 2.42. The Balaban J connectivity index is 1.54. The highest BCUT2D eigenvalue weighted by Gasteiger charge is 2.37. The summed E-state index contributed by atoms with van der Waals surface area (Å²) in [5.41, 5.74) is -1.53. The maximum atomic E-state index is 15.0. The van der Waals surface area contributed by atoms with Crippen LogP contribution in [0.1, 0.15) is 18.4 Å². The summed E-state index contributed by atoms with van der Waals surface area (Å²) in [4.78, 5) is 16.3. The van der Waals surface area contributed by atoms with Gasteiger partial charge in [0, 0.05) is 50.9 Å². The number of hydrogen-bond acceptors (Lipinski definition) is 6. The summed E-state index contributed by atoms with van der Waals surface area (Å²) in [7, 11) is -4.58. The van der Waals surface area contributed by atoms with E-state index in [0.29, 0.717) is 6.61 Å². The van der Waals surface area contributed by atoms with Gasteiger partial charge in [-0.25, -0.2) is 27.0 Å². The molecule has 3 heterocycles. The maximum Gasteiger partial charge on any atom is 0.418 e. The average Bonchev–Trinajstić information content (AvgIpc) is 3.25. The molecule has 2 N–H and O–H groups in total. The lowest BCUT2D eigenvalue weighted by Gasteiger charge is -2.23. The zero-order chi connectivity index (χ0) is 30.9. The number of benzene rings is 1. The number of ether oxygens (including phenoxy) is 2. The van der Waals surface area contributed by atoms with Gasteiger partial charge in [0.05, 0.1) is 22.5 Å². The van der Waals surface area contributed by atoms with Gasteiger partial charge in [-0.1, -0.05) is 19.6 Å². The molecule has 1 fully saturated rings. The van der Waals surface area contributed by atoms with E-state index < -0.39 is 70.2 Å². The second-order valence-corrected chi connectivity index (χ2v) is 19.2. The molecular weight excluding hydrogens is 603 g/mol. The molecule has 0 aliphatic carbocycles. The fraction of sp³-hybridized carbons (Fsp3) is 0.462. The van der Waals surface area contributed by atoms with E-state index in [1.165, 1.54) is 0 Å². The first-order valence-corrected chi connectivity index (χ1v) is 18.6. The number of aromatic nitrogens is 2. The van der Waals surface area contributed by atoms with Gasteiger partial charge in [-0.05, 0) is 25.0 Å². The van der Waals surface area contributed by atoms with Crippen molar-refractivity contribution in [3.63, 3.8) is 0 Å². The molecule has 0 atom stereocenters. The molecule has 2 aromatic heterocycles. The molecule has 0 radical (unpaired) electrons. The number of urea groups is 1. The fourth-order valence-electron chi connectivity index (χ4n) is 4.35. The highest BCUT2D eigenvalue weighted by molar-refractivity contribution is 7.91. The second-order valence-electron chi connectivity index (χ2n) is 11.3. The van der Waals surface area contributed by atoms with Gasteiger partial charge in [0.15, 0.2) is 17.4 Å². The van der Waals surface area contributed by atoms with Gasteiger partial charge in [-0.3, -0.25) is 0 Å². The van der Waals surface area contributed by atoms with Crippen LogP contribution < -0.4 is 15.4 Å². The van der Waals surface area contributed by atoms with E-state index in [0.717, 1.165) is 41.2 Å².